The van der Waals surface area contributed by atoms with Gasteiger partial charge >= 0.3 is 0 Å². The van der Waals surface area contributed by atoms with Crippen LogP contribution in [0.4, 0.5) is 0 Å². The number of hydrogen-bond acceptors (Lipinski definition) is 13. The van der Waals surface area contributed by atoms with Crippen molar-refractivity contribution in [3.8, 4) is 0 Å². The molecule has 6 bridgehead atoms. The van der Waals surface area contributed by atoms with Gasteiger partial charge in [-0.2, -0.15) is 0 Å². The average molecular weight is 1510 g/mol. The lowest BCUT2D eigenvalue weighted by Gasteiger charge is -2.54. The van der Waals surface area contributed by atoms with Crippen LogP contribution in [-0.2, 0) is 57.5 Å². The number of amides is 11. The topological polar surface area (TPSA) is 270 Å². The van der Waals surface area contributed by atoms with Crippen molar-refractivity contribution >= 4 is 94.0 Å². The zero-order valence-electron chi connectivity index (χ0n) is 65.2. The highest BCUT2D eigenvalue weighted by Gasteiger charge is 2.59. The van der Waals surface area contributed by atoms with Crippen molar-refractivity contribution in [1.82, 2.24) is 60.0 Å². The SMILES string of the molecule is CCC(CC)[C@H]1C(=O)N(C)[C@H](C(=O)N2CCCCC2)CC(=O)N(C)[C@H]2CCC/C=C/C3CCC(CC3)C[C@@H](C(=O)CN(C)CC(=O)N[C@@H](CCC3CCC(Cl)C(Cl)C3)C(=O)N3CCC[C@H]3C(=O)NC3(CC(C)(C)C3)C(=O)N1C)N1CC/C=C\C[C@@H](CC1=O)N(C)C(=O)CN(C)C(=O)[C@H]([C@@H](C)CC)NC2=O. The maximum atomic E-state index is 15.9. The Morgan fingerprint density at radius 1 is 0.581 bits per heavy atom. The predicted octanol–water partition coefficient (Wildman–Crippen LogP) is 7.46. The van der Waals surface area contributed by atoms with Gasteiger partial charge < -0.3 is 55.1 Å². The summed E-state index contributed by atoms with van der Waals surface area (Å²) in [5.41, 5.74) is -1.96. The molecule has 0 aromatic rings. The molecule has 0 aromatic heterocycles. The number of fused-ring (bicyclic) bond motifs is 9. The fraction of sp³-hybridized carbons (Fsp3) is 0.797. The minimum Gasteiger partial charge on any atom is -0.343 e. The number of likely N-dealkylation sites (N-methyl/N-ethyl adjacent to an activating group) is 6. The van der Waals surface area contributed by atoms with E-state index in [4.69, 9.17) is 23.2 Å². The van der Waals surface area contributed by atoms with Gasteiger partial charge in [0.1, 0.15) is 41.8 Å². The molecule has 12 atom stereocenters. The molecule has 3 aliphatic carbocycles. The number of nitrogens with one attached hydrogen (secondary N) is 3. The summed E-state index contributed by atoms with van der Waals surface area (Å²) in [5, 5.41) is 8.77. The van der Waals surface area contributed by atoms with E-state index in [1.54, 1.807) is 35.8 Å². The number of hydrogen-bond donors (Lipinski definition) is 3. The summed E-state index contributed by atoms with van der Waals surface area (Å²) < 4.78 is 0. The third kappa shape index (κ3) is 21.4. The first-order valence-corrected chi connectivity index (χ1v) is 40.6. The summed E-state index contributed by atoms with van der Waals surface area (Å²) in [6, 6.07) is -8.55. The largest absolute Gasteiger partial charge is 0.343 e. The van der Waals surface area contributed by atoms with Gasteiger partial charge in [0.15, 0.2) is 5.78 Å². The average Bonchev–Trinajstić information content (AvgIpc) is 1.70. The van der Waals surface area contributed by atoms with Crippen molar-refractivity contribution in [2.75, 3.05) is 88.1 Å². The molecular weight excluding hydrogens is 1380 g/mol. The Balaban J connectivity index is 1.23. The molecule has 24 nitrogen and oxygen atoms in total. The number of alkyl halides is 2. The minimum absolute atomic E-state index is 0.0599. The summed E-state index contributed by atoms with van der Waals surface area (Å²) in [6.45, 7) is 11.9. The standard InChI is InChI=1S/C79H126Cl2N12O12/c1-13-51(4)69-75(103)86(8)48-68(98)87(9)56-27-20-17-24-40-92(67(97)44-56)62-43-54-32-30-52(31-33-54)26-19-16-21-28-60(71(99)83-69)88(10)66(96)45-63(74(102)91-38-22-18-23-39-91)89(11)76(104)70(55(14-2)15-3)90(12)77(105)79(49-78(5,6)50-79)84-72(100)61-29-25-41-93(61)73(101)59(82-65(95)47-85(7)46-64(62)94)37-35-53-34-36-57(80)58(81)42-53/h17,19-20,26,51-63,69-70H,13-16,18,21-25,27-50H2,1-12H3,(H,82,95)(H,83,99)(H,84,100)/b20-17-,26-19+/t51-,52?,53?,54?,56-,57?,58?,59-,60-,61-,62-,63-,69-,70-/m0/s1. The van der Waals surface area contributed by atoms with E-state index in [0.29, 0.717) is 103 Å². The Morgan fingerprint density at radius 3 is 1.92 bits per heavy atom. The normalized spacial score (nSPS) is 32.7. The highest BCUT2D eigenvalue weighted by atomic mass is 35.5. The van der Waals surface area contributed by atoms with E-state index >= 15 is 43.2 Å². The molecule has 6 aliphatic heterocycles. The number of likely N-dealkylation sites (tertiary alicyclic amines) is 1. The summed E-state index contributed by atoms with van der Waals surface area (Å²) >= 11 is 13.3. The Kier molecular flexibility index (Phi) is 30.8. The molecule has 3 saturated carbocycles. The molecular formula is C79H126Cl2N12O12. The lowest BCUT2D eigenvalue weighted by molar-refractivity contribution is -0.161. The second kappa shape index (κ2) is 38.3. The first-order valence-electron chi connectivity index (χ1n) is 39.7. The number of ketones is 1. The van der Waals surface area contributed by atoms with Crippen LogP contribution in [0.15, 0.2) is 24.3 Å². The quantitative estimate of drug-likeness (QED) is 0.115. The van der Waals surface area contributed by atoms with Crippen LogP contribution >= 0.6 is 23.2 Å². The third-order valence-corrected chi connectivity index (χ3v) is 26.0. The van der Waals surface area contributed by atoms with E-state index in [2.05, 4.69) is 28.1 Å². The Labute approximate surface area is 635 Å². The number of allylic oxidation sites excluding steroid dienone is 2. The van der Waals surface area contributed by atoms with Crippen LogP contribution in [0.2, 0.25) is 0 Å². The number of Topliss-reactive ketones (excluding diaryl/α,β-unsaturated/α-hetero) is 1. The molecule has 3 unspecified atom stereocenters. The fourth-order valence-electron chi connectivity index (χ4n) is 18.2. The number of piperidine rings is 1. The van der Waals surface area contributed by atoms with Crippen LogP contribution in [0.25, 0.3) is 0 Å². The number of rotatable bonds is 9. The van der Waals surface area contributed by atoms with Crippen molar-refractivity contribution in [3.63, 3.8) is 0 Å². The number of carbonyl (C=O) groups is 12. The Bertz CT molecular complexity index is 3140. The monoisotopic (exact) mass is 1500 g/mol. The maximum Gasteiger partial charge on any atom is 0.248 e. The Hall–Kier alpha value is -6.14. The van der Waals surface area contributed by atoms with Gasteiger partial charge in [-0.25, -0.2) is 0 Å². The first-order chi connectivity index (χ1) is 49.8. The number of nitrogens with zero attached hydrogens (tertiary/aromatic N) is 9. The van der Waals surface area contributed by atoms with E-state index in [1.807, 2.05) is 53.7 Å². The van der Waals surface area contributed by atoms with E-state index in [-0.39, 0.29) is 105 Å². The van der Waals surface area contributed by atoms with Crippen molar-refractivity contribution in [2.45, 2.75) is 280 Å². The molecule has 9 aliphatic rings. The van der Waals surface area contributed by atoms with Gasteiger partial charge in [-0.1, -0.05) is 85.1 Å². The van der Waals surface area contributed by atoms with Crippen LogP contribution in [0.1, 0.15) is 215 Å². The van der Waals surface area contributed by atoms with Crippen LogP contribution in [0.3, 0.4) is 0 Å². The first kappa shape index (κ1) is 84.5. The van der Waals surface area contributed by atoms with Gasteiger partial charge in [-0.3, -0.25) is 62.4 Å². The summed E-state index contributed by atoms with van der Waals surface area (Å²) in [7, 11) is 9.31. The maximum absolute atomic E-state index is 15.9. The van der Waals surface area contributed by atoms with Gasteiger partial charge in [0.2, 0.25) is 65.0 Å². The lowest BCUT2D eigenvalue weighted by atomic mass is 9.58. The zero-order valence-corrected chi connectivity index (χ0v) is 66.7. The molecule has 9 rings (SSSR count). The molecule has 588 valence electrons. The van der Waals surface area contributed by atoms with E-state index in [0.717, 1.165) is 38.5 Å². The van der Waals surface area contributed by atoms with Crippen LogP contribution in [0.5, 0.6) is 0 Å². The number of carbonyl (C=O) groups excluding carboxylic acids is 12. The van der Waals surface area contributed by atoms with Gasteiger partial charge in [-0.15, -0.1) is 23.2 Å². The van der Waals surface area contributed by atoms with Gasteiger partial charge in [0.25, 0.3) is 0 Å². The number of halogens is 2. The van der Waals surface area contributed by atoms with E-state index < -0.39 is 143 Å². The minimum atomic E-state index is -1.52. The lowest BCUT2D eigenvalue weighted by Crippen LogP contribution is -2.71. The summed E-state index contributed by atoms with van der Waals surface area (Å²) in [5.74, 6) is -6.41. The molecule has 5 fully saturated rings. The molecule has 2 saturated heterocycles. The molecule has 105 heavy (non-hydrogen) atoms. The smallest absolute Gasteiger partial charge is 0.248 e. The van der Waals surface area contributed by atoms with Crippen LogP contribution in [-0.4, -0.2) is 268 Å². The summed E-state index contributed by atoms with van der Waals surface area (Å²) in [6.07, 6.45) is 20.6. The summed E-state index contributed by atoms with van der Waals surface area (Å²) in [4.78, 5) is 196. The zero-order chi connectivity index (χ0) is 76.8. The second-order valence-electron chi connectivity index (χ2n) is 33.2. The van der Waals surface area contributed by atoms with Crippen molar-refractivity contribution in [2.24, 2.45) is 35.0 Å². The van der Waals surface area contributed by atoms with E-state index in [1.165, 1.54) is 50.5 Å². The molecule has 1 spiro atoms. The van der Waals surface area contributed by atoms with Crippen molar-refractivity contribution in [1.29, 1.82) is 0 Å². The van der Waals surface area contributed by atoms with Gasteiger partial charge in [0.05, 0.1) is 37.5 Å². The molecule has 0 radical (unpaired) electrons. The predicted molar refractivity (Wildman–Crippen MR) is 405 cm³/mol. The molecule has 6 heterocycles. The third-order valence-electron chi connectivity index (χ3n) is 24.9. The molecule has 26 heteroatoms. The Morgan fingerprint density at radius 2 is 1.27 bits per heavy atom. The fourth-order valence-corrected chi connectivity index (χ4v) is 18.8. The van der Waals surface area contributed by atoms with Gasteiger partial charge in [-0.05, 0) is 183 Å². The van der Waals surface area contributed by atoms with E-state index in [9.17, 15) is 14.4 Å². The molecule has 3 N–H and O–H groups in total. The molecule has 0 aromatic carbocycles. The highest BCUT2D eigenvalue weighted by molar-refractivity contribution is 6.30. The van der Waals surface area contributed by atoms with Crippen molar-refractivity contribution in [3.05, 3.63) is 24.3 Å². The van der Waals surface area contributed by atoms with Crippen LogP contribution < -0.4 is 16.0 Å². The second-order valence-corrected chi connectivity index (χ2v) is 34.4. The highest BCUT2D eigenvalue weighted by Crippen LogP contribution is 2.50. The van der Waals surface area contributed by atoms with Crippen molar-refractivity contribution < 1.29 is 57.5 Å². The van der Waals surface area contributed by atoms with Gasteiger partial charge in [0, 0.05) is 79.3 Å². The molecule has 11 amide bonds. The van der Waals surface area contributed by atoms with Crippen LogP contribution in [0, 0.1) is 35.0 Å².